The maximum atomic E-state index is 13.3. The van der Waals surface area contributed by atoms with Crippen LogP contribution in [0, 0.1) is 5.92 Å². The first-order valence-electron chi connectivity index (χ1n) is 9.96. The lowest BCUT2D eigenvalue weighted by Gasteiger charge is -2.16. The fourth-order valence-electron chi connectivity index (χ4n) is 3.19. The molecule has 0 atom stereocenters. The third-order valence-corrected chi connectivity index (χ3v) is 6.08. The fraction of sp³-hybridized carbons (Fsp3) is 0.217. The van der Waals surface area contributed by atoms with Gasteiger partial charge in [0.05, 0.1) is 12.0 Å². The highest BCUT2D eigenvalue weighted by Gasteiger charge is 2.33. The first-order valence-corrected chi connectivity index (χ1v) is 11.2. The molecule has 9 heteroatoms. The van der Waals surface area contributed by atoms with Crippen LogP contribution in [-0.2, 0) is 4.79 Å². The molecule has 1 amide bonds. The topological polar surface area (TPSA) is 73.1 Å². The van der Waals surface area contributed by atoms with Crippen LogP contribution in [0.5, 0.6) is 17.4 Å². The quantitative estimate of drug-likeness (QED) is 0.394. The van der Waals surface area contributed by atoms with Crippen molar-refractivity contribution in [2.75, 3.05) is 13.7 Å². The number of benzene rings is 1. The summed E-state index contributed by atoms with van der Waals surface area (Å²) in [5.74, 6) is 1.32. The number of nitrogens with zero attached hydrogens (tertiary/aromatic N) is 3. The second kappa shape index (κ2) is 9.13. The molecule has 32 heavy (non-hydrogen) atoms. The summed E-state index contributed by atoms with van der Waals surface area (Å²) < 4.78 is 13.0. The molecule has 1 aliphatic heterocycles. The highest BCUT2D eigenvalue weighted by Crippen LogP contribution is 2.34. The van der Waals surface area contributed by atoms with Gasteiger partial charge in [-0.15, -0.1) is 0 Å². The Balaban J connectivity index is 1.80. The van der Waals surface area contributed by atoms with Gasteiger partial charge in [-0.3, -0.25) is 18.9 Å². The summed E-state index contributed by atoms with van der Waals surface area (Å²) in [6.07, 6.45) is 3.15. The predicted molar refractivity (Wildman–Crippen MR) is 129 cm³/mol. The maximum Gasteiger partial charge on any atom is 0.269 e. The van der Waals surface area contributed by atoms with Gasteiger partial charge in [-0.05, 0) is 48.4 Å². The zero-order valence-electron chi connectivity index (χ0n) is 17.8. The highest BCUT2D eigenvalue weighted by molar-refractivity contribution is 8.26. The third kappa shape index (κ3) is 4.39. The third-order valence-electron chi connectivity index (χ3n) is 4.70. The summed E-state index contributed by atoms with van der Waals surface area (Å²) in [6.45, 7) is 4.55. The number of fused-ring (bicyclic) bond motifs is 1. The summed E-state index contributed by atoms with van der Waals surface area (Å²) >= 11 is 6.56. The van der Waals surface area contributed by atoms with E-state index in [1.165, 1.54) is 22.2 Å². The van der Waals surface area contributed by atoms with Crippen molar-refractivity contribution in [2.45, 2.75) is 13.8 Å². The Bertz CT molecular complexity index is 1280. The zero-order valence-corrected chi connectivity index (χ0v) is 19.4. The standard InChI is InChI=1S/C23H21N3O4S2/c1-14(2)13-26-22(28)18(32-23(26)31)12-17-20(30-16-9-7-15(29-3)8-10-16)24-19-6-4-5-11-25(19)21(17)27/h4-12,14H,13H2,1-3H3/b18-12-. The van der Waals surface area contributed by atoms with Crippen LogP contribution in [-0.4, -0.2) is 38.2 Å². The van der Waals surface area contributed by atoms with Crippen LogP contribution in [0.25, 0.3) is 11.7 Å². The van der Waals surface area contributed by atoms with E-state index in [1.807, 2.05) is 13.8 Å². The number of pyridine rings is 1. The van der Waals surface area contributed by atoms with E-state index in [0.717, 1.165) is 0 Å². The van der Waals surface area contributed by atoms with Gasteiger partial charge in [0.15, 0.2) is 0 Å². The van der Waals surface area contributed by atoms with E-state index >= 15 is 0 Å². The molecule has 0 aliphatic carbocycles. The van der Waals surface area contributed by atoms with Gasteiger partial charge in [0.2, 0.25) is 5.88 Å². The lowest BCUT2D eigenvalue weighted by molar-refractivity contribution is -0.122. The fourth-order valence-corrected chi connectivity index (χ4v) is 4.45. The molecule has 1 saturated heterocycles. The molecule has 2 aromatic heterocycles. The van der Waals surface area contributed by atoms with Gasteiger partial charge < -0.3 is 9.47 Å². The first kappa shape index (κ1) is 22.0. The summed E-state index contributed by atoms with van der Waals surface area (Å²) in [6, 6.07) is 12.2. The molecular weight excluding hydrogens is 446 g/mol. The zero-order chi connectivity index (χ0) is 22.8. The SMILES string of the molecule is COc1ccc(Oc2nc3ccccn3c(=O)c2/C=C2\SC(=S)N(CC(C)C)C2=O)cc1. The Morgan fingerprint density at radius 3 is 2.53 bits per heavy atom. The molecule has 0 bridgehead atoms. The van der Waals surface area contributed by atoms with E-state index in [2.05, 4.69) is 4.98 Å². The van der Waals surface area contributed by atoms with E-state index < -0.39 is 0 Å². The first-order chi connectivity index (χ1) is 15.4. The molecule has 0 N–H and O–H groups in total. The second-order valence-electron chi connectivity index (χ2n) is 7.53. The minimum Gasteiger partial charge on any atom is -0.497 e. The smallest absolute Gasteiger partial charge is 0.269 e. The van der Waals surface area contributed by atoms with Crippen molar-refractivity contribution < 1.29 is 14.3 Å². The number of carbonyl (C=O) groups excluding carboxylic acids is 1. The number of thiocarbonyl (C=S) groups is 1. The van der Waals surface area contributed by atoms with Crippen molar-refractivity contribution in [3.8, 4) is 17.4 Å². The molecule has 1 aromatic carbocycles. The molecule has 4 rings (SSSR count). The molecule has 0 radical (unpaired) electrons. The lowest BCUT2D eigenvalue weighted by Crippen LogP contribution is -2.31. The molecule has 1 fully saturated rings. The number of rotatable bonds is 6. The van der Waals surface area contributed by atoms with Gasteiger partial charge in [0.25, 0.3) is 11.5 Å². The predicted octanol–water partition coefficient (Wildman–Crippen LogP) is 4.35. The Labute approximate surface area is 194 Å². The van der Waals surface area contributed by atoms with Crippen molar-refractivity contribution in [3.63, 3.8) is 0 Å². The number of carbonyl (C=O) groups is 1. The maximum absolute atomic E-state index is 13.3. The van der Waals surface area contributed by atoms with Crippen LogP contribution < -0.4 is 15.0 Å². The minimum absolute atomic E-state index is 0.112. The van der Waals surface area contributed by atoms with Gasteiger partial charge in [-0.25, -0.2) is 0 Å². The van der Waals surface area contributed by atoms with Crippen molar-refractivity contribution in [1.29, 1.82) is 0 Å². The number of ether oxygens (including phenoxy) is 2. The molecule has 0 spiro atoms. The van der Waals surface area contributed by atoms with E-state index in [0.29, 0.717) is 32.9 Å². The Kier molecular flexibility index (Phi) is 6.29. The van der Waals surface area contributed by atoms with Crippen LogP contribution in [0.3, 0.4) is 0 Å². The Morgan fingerprint density at radius 2 is 1.84 bits per heavy atom. The van der Waals surface area contributed by atoms with Crippen LogP contribution >= 0.6 is 24.0 Å². The number of amides is 1. The van der Waals surface area contributed by atoms with Crippen molar-refractivity contribution in [3.05, 3.63) is 69.5 Å². The molecule has 3 aromatic rings. The number of hydrogen-bond acceptors (Lipinski definition) is 7. The lowest BCUT2D eigenvalue weighted by atomic mass is 10.2. The summed E-state index contributed by atoms with van der Waals surface area (Å²) in [7, 11) is 1.58. The Morgan fingerprint density at radius 1 is 1.12 bits per heavy atom. The molecule has 1 aliphatic rings. The number of aromatic nitrogens is 2. The largest absolute Gasteiger partial charge is 0.497 e. The van der Waals surface area contributed by atoms with Crippen LogP contribution in [0.2, 0.25) is 0 Å². The van der Waals surface area contributed by atoms with Gasteiger partial charge in [0, 0.05) is 12.7 Å². The van der Waals surface area contributed by atoms with E-state index in [1.54, 1.807) is 60.7 Å². The molecular formula is C23H21N3O4S2. The molecule has 3 heterocycles. The van der Waals surface area contributed by atoms with Gasteiger partial charge in [-0.1, -0.05) is 43.9 Å². The van der Waals surface area contributed by atoms with Crippen LogP contribution in [0.1, 0.15) is 19.4 Å². The monoisotopic (exact) mass is 467 g/mol. The molecule has 0 unspecified atom stereocenters. The molecule has 7 nitrogen and oxygen atoms in total. The van der Waals surface area contributed by atoms with Crippen molar-refractivity contribution >= 4 is 45.9 Å². The average molecular weight is 468 g/mol. The van der Waals surface area contributed by atoms with Gasteiger partial charge >= 0.3 is 0 Å². The number of hydrogen-bond donors (Lipinski definition) is 0. The normalized spacial score (nSPS) is 15.2. The molecule has 164 valence electrons. The van der Waals surface area contributed by atoms with E-state index in [4.69, 9.17) is 21.7 Å². The van der Waals surface area contributed by atoms with Crippen molar-refractivity contribution in [2.24, 2.45) is 5.92 Å². The summed E-state index contributed by atoms with van der Waals surface area (Å²) in [5, 5.41) is 0. The van der Waals surface area contributed by atoms with Crippen LogP contribution in [0.4, 0.5) is 0 Å². The second-order valence-corrected chi connectivity index (χ2v) is 9.20. The van der Waals surface area contributed by atoms with Crippen molar-refractivity contribution in [1.82, 2.24) is 14.3 Å². The Hall–Kier alpha value is -3.17. The number of thioether (sulfide) groups is 1. The summed E-state index contributed by atoms with van der Waals surface area (Å²) in [4.78, 5) is 32.7. The average Bonchev–Trinajstić information content (AvgIpc) is 3.04. The van der Waals surface area contributed by atoms with E-state index in [-0.39, 0.29) is 28.8 Å². The molecule has 0 saturated carbocycles. The highest BCUT2D eigenvalue weighted by atomic mass is 32.2. The minimum atomic E-state index is -0.340. The van der Waals surface area contributed by atoms with Gasteiger partial charge in [0.1, 0.15) is 27.0 Å². The van der Waals surface area contributed by atoms with Crippen LogP contribution in [0.15, 0.2) is 58.4 Å². The number of methoxy groups -OCH3 is 1. The summed E-state index contributed by atoms with van der Waals surface area (Å²) in [5.41, 5.74) is 0.272. The van der Waals surface area contributed by atoms with E-state index in [9.17, 15) is 9.59 Å². The van der Waals surface area contributed by atoms with Gasteiger partial charge in [-0.2, -0.15) is 4.98 Å².